The van der Waals surface area contributed by atoms with Crippen LogP contribution in [0.25, 0.3) is 10.8 Å². The molecule has 0 saturated carbocycles. The Kier molecular flexibility index (Phi) is 5.48. The Morgan fingerprint density at radius 3 is 2.65 bits per heavy atom. The quantitative estimate of drug-likeness (QED) is 0.653. The van der Waals surface area contributed by atoms with E-state index in [0.29, 0.717) is 23.4 Å². The fourth-order valence-electron chi connectivity index (χ4n) is 2.52. The van der Waals surface area contributed by atoms with Crippen molar-refractivity contribution in [3.8, 4) is 11.5 Å². The monoisotopic (exact) mass is 353 g/mol. The Labute approximate surface area is 150 Å². The summed E-state index contributed by atoms with van der Waals surface area (Å²) in [6.45, 7) is 0.448. The molecule has 3 rings (SSSR count). The van der Waals surface area contributed by atoms with E-state index in [0.717, 1.165) is 10.1 Å². The topological polar surface area (TPSA) is 82.4 Å². The van der Waals surface area contributed by atoms with E-state index < -0.39 is 0 Å². The molecule has 0 radical (unpaired) electrons. The number of nitrogens with zero attached hydrogens (tertiary/aromatic N) is 2. The lowest BCUT2D eigenvalue weighted by atomic mass is 10.2. The molecule has 1 aromatic heterocycles. The summed E-state index contributed by atoms with van der Waals surface area (Å²) in [7, 11) is 1.57. The molecule has 0 aliphatic rings. The van der Waals surface area contributed by atoms with Gasteiger partial charge in [-0.25, -0.2) is 4.68 Å². The fraction of sp³-hybridized carbons (Fsp3) is 0.211. The molecule has 7 heteroatoms. The summed E-state index contributed by atoms with van der Waals surface area (Å²) in [5.74, 6) is 0.931. The molecule has 2 aromatic carbocycles. The molecule has 1 heterocycles. The Bertz CT molecular complexity index is 968. The zero-order valence-corrected chi connectivity index (χ0v) is 14.3. The first kappa shape index (κ1) is 17.5. The van der Waals surface area contributed by atoms with Gasteiger partial charge in [0, 0.05) is 5.39 Å². The van der Waals surface area contributed by atoms with Gasteiger partial charge >= 0.3 is 0 Å². The van der Waals surface area contributed by atoms with E-state index in [2.05, 4.69) is 10.4 Å². The van der Waals surface area contributed by atoms with Crippen LogP contribution in [0.15, 0.2) is 59.5 Å². The molecule has 0 aliphatic heterocycles. The van der Waals surface area contributed by atoms with Crippen LogP contribution in [0.5, 0.6) is 11.5 Å². The zero-order valence-electron chi connectivity index (χ0n) is 14.3. The van der Waals surface area contributed by atoms with Crippen molar-refractivity contribution in [2.45, 2.75) is 6.54 Å². The van der Waals surface area contributed by atoms with Crippen molar-refractivity contribution in [2.75, 3.05) is 20.3 Å². The molecule has 0 aliphatic carbocycles. The van der Waals surface area contributed by atoms with E-state index >= 15 is 0 Å². The van der Waals surface area contributed by atoms with Crippen LogP contribution in [0.4, 0.5) is 0 Å². The molecular weight excluding hydrogens is 334 g/mol. The van der Waals surface area contributed by atoms with Gasteiger partial charge in [0.05, 0.1) is 25.2 Å². The van der Waals surface area contributed by atoms with Crippen LogP contribution in [0.2, 0.25) is 0 Å². The predicted octanol–water partition coefficient (Wildman–Crippen LogP) is 1.60. The van der Waals surface area contributed by atoms with Crippen molar-refractivity contribution in [1.29, 1.82) is 0 Å². The molecule has 1 N–H and O–H groups in total. The van der Waals surface area contributed by atoms with Crippen molar-refractivity contribution in [3.05, 3.63) is 65.1 Å². The first-order valence-corrected chi connectivity index (χ1v) is 8.16. The average molecular weight is 353 g/mol. The number of ether oxygens (including phenoxy) is 2. The minimum Gasteiger partial charge on any atom is -0.493 e. The maximum atomic E-state index is 12.3. The first-order valence-electron chi connectivity index (χ1n) is 8.16. The maximum absolute atomic E-state index is 12.3. The van der Waals surface area contributed by atoms with Gasteiger partial charge in [-0.2, -0.15) is 5.10 Å². The van der Waals surface area contributed by atoms with Gasteiger partial charge in [0.2, 0.25) is 5.91 Å². The largest absolute Gasteiger partial charge is 0.493 e. The van der Waals surface area contributed by atoms with Crippen LogP contribution < -0.4 is 20.3 Å². The third-order valence-corrected chi connectivity index (χ3v) is 3.81. The van der Waals surface area contributed by atoms with Gasteiger partial charge in [-0.3, -0.25) is 9.59 Å². The van der Waals surface area contributed by atoms with Gasteiger partial charge in [-0.1, -0.05) is 30.3 Å². The molecule has 0 spiro atoms. The molecule has 1 amide bonds. The third kappa shape index (κ3) is 4.00. The number of aromatic nitrogens is 2. The maximum Gasteiger partial charge on any atom is 0.275 e. The van der Waals surface area contributed by atoms with Gasteiger partial charge < -0.3 is 14.8 Å². The number of carbonyl (C=O) groups excluding carboxylic acids is 1. The summed E-state index contributed by atoms with van der Waals surface area (Å²) in [5.41, 5.74) is -0.288. The average Bonchev–Trinajstić information content (AvgIpc) is 2.68. The van der Waals surface area contributed by atoms with Crippen molar-refractivity contribution in [2.24, 2.45) is 0 Å². The van der Waals surface area contributed by atoms with Crippen molar-refractivity contribution < 1.29 is 14.3 Å². The van der Waals surface area contributed by atoms with Gasteiger partial charge in [-0.05, 0) is 18.2 Å². The smallest absolute Gasteiger partial charge is 0.275 e. The standard InChI is InChI=1S/C19H19N3O4/c1-25-16-8-4-5-9-17(16)26-11-10-20-18(23)13-22-19(24)15-7-3-2-6-14(15)12-21-22/h2-9,12H,10-11,13H2,1H3,(H,20,23). The molecule has 0 bridgehead atoms. The number of benzene rings is 2. The molecule has 26 heavy (non-hydrogen) atoms. The molecule has 7 nitrogen and oxygen atoms in total. The number of amides is 1. The fourth-order valence-corrected chi connectivity index (χ4v) is 2.52. The van der Waals surface area contributed by atoms with Crippen LogP contribution in [0.3, 0.4) is 0 Å². The highest BCUT2D eigenvalue weighted by Gasteiger charge is 2.08. The second-order valence-electron chi connectivity index (χ2n) is 5.54. The summed E-state index contributed by atoms with van der Waals surface area (Å²) >= 11 is 0. The lowest BCUT2D eigenvalue weighted by Gasteiger charge is -2.11. The van der Waals surface area contributed by atoms with Crippen LogP contribution in [-0.2, 0) is 11.3 Å². The zero-order chi connectivity index (χ0) is 18.4. The highest BCUT2D eigenvalue weighted by Crippen LogP contribution is 2.25. The number of hydrogen-bond acceptors (Lipinski definition) is 5. The van der Waals surface area contributed by atoms with E-state index in [4.69, 9.17) is 9.47 Å². The van der Waals surface area contributed by atoms with Gasteiger partial charge in [0.25, 0.3) is 5.56 Å². The first-order chi connectivity index (χ1) is 12.7. The molecule has 0 atom stereocenters. The summed E-state index contributed by atoms with van der Waals surface area (Å²) in [6.07, 6.45) is 1.58. The Hall–Kier alpha value is -3.35. The molecule has 0 saturated heterocycles. The number of methoxy groups -OCH3 is 1. The number of fused-ring (bicyclic) bond motifs is 1. The van der Waals surface area contributed by atoms with E-state index in [1.165, 1.54) is 0 Å². The Morgan fingerprint density at radius 1 is 1.12 bits per heavy atom. The van der Waals surface area contributed by atoms with Crippen molar-refractivity contribution in [3.63, 3.8) is 0 Å². The second-order valence-corrected chi connectivity index (χ2v) is 5.54. The SMILES string of the molecule is COc1ccccc1OCCNC(=O)Cn1ncc2ccccc2c1=O. The minimum atomic E-state index is -0.307. The lowest BCUT2D eigenvalue weighted by Crippen LogP contribution is -2.35. The van der Waals surface area contributed by atoms with E-state index in [1.54, 1.807) is 37.6 Å². The summed E-state index contributed by atoms with van der Waals surface area (Å²) < 4.78 is 11.9. The highest BCUT2D eigenvalue weighted by molar-refractivity contribution is 5.81. The number of hydrogen-bond donors (Lipinski definition) is 1. The van der Waals surface area contributed by atoms with Crippen molar-refractivity contribution in [1.82, 2.24) is 15.1 Å². The highest BCUT2D eigenvalue weighted by atomic mass is 16.5. The second kappa shape index (κ2) is 8.15. The minimum absolute atomic E-state index is 0.141. The number of rotatable bonds is 7. The number of nitrogens with one attached hydrogen (secondary N) is 1. The van der Waals surface area contributed by atoms with E-state index in [1.807, 2.05) is 24.3 Å². The van der Waals surface area contributed by atoms with E-state index in [9.17, 15) is 9.59 Å². The van der Waals surface area contributed by atoms with Crippen molar-refractivity contribution >= 4 is 16.7 Å². The number of para-hydroxylation sites is 2. The summed E-state index contributed by atoms with van der Waals surface area (Å²) in [6, 6.07) is 14.4. The molecule has 0 fully saturated rings. The predicted molar refractivity (Wildman–Crippen MR) is 97.5 cm³/mol. The third-order valence-electron chi connectivity index (χ3n) is 3.81. The number of carbonyl (C=O) groups is 1. The van der Waals surface area contributed by atoms with Crippen LogP contribution in [0.1, 0.15) is 0 Å². The summed E-state index contributed by atoms with van der Waals surface area (Å²) in [4.78, 5) is 24.4. The Morgan fingerprint density at radius 2 is 1.85 bits per heavy atom. The van der Waals surface area contributed by atoms with Gasteiger partial charge in [0.1, 0.15) is 13.2 Å². The van der Waals surface area contributed by atoms with Crippen LogP contribution in [-0.4, -0.2) is 35.9 Å². The molecule has 0 unspecified atom stereocenters. The molecule has 134 valence electrons. The summed E-state index contributed by atoms with van der Waals surface area (Å²) in [5, 5.41) is 8.04. The lowest BCUT2D eigenvalue weighted by molar-refractivity contribution is -0.122. The molecule has 3 aromatic rings. The van der Waals surface area contributed by atoms with Gasteiger partial charge in [-0.15, -0.1) is 0 Å². The van der Waals surface area contributed by atoms with Crippen LogP contribution >= 0.6 is 0 Å². The van der Waals surface area contributed by atoms with Crippen LogP contribution in [0, 0.1) is 0 Å². The van der Waals surface area contributed by atoms with Gasteiger partial charge in [0.15, 0.2) is 11.5 Å². The Balaban J connectivity index is 1.53. The molecular formula is C19H19N3O4. The normalized spacial score (nSPS) is 10.5. The van der Waals surface area contributed by atoms with E-state index in [-0.39, 0.29) is 24.6 Å².